The van der Waals surface area contributed by atoms with E-state index in [2.05, 4.69) is 5.38 Å². The van der Waals surface area contributed by atoms with Crippen LogP contribution >= 0.6 is 11.3 Å². The highest BCUT2D eigenvalue weighted by Gasteiger charge is 2.28. The zero-order chi connectivity index (χ0) is 13.2. The highest BCUT2D eigenvalue weighted by Crippen LogP contribution is 2.36. The van der Waals surface area contributed by atoms with Crippen molar-refractivity contribution in [1.82, 2.24) is 4.98 Å². The second-order valence-corrected chi connectivity index (χ2v) is 6.72. The molecule has 0 atom stereocenters. The minimum Gasteiger partial charge on any atom is -0.481 e. The van der Waals surface area contributed by atoms with Gasteiger partial charge in [-0.1, -0.05) is 33.1 Å². The van der Waals surface area contributed by atoms with Crippen molar-refractivity contribution in [3.8, 4) is 0 Å². The van der Waals surface area contributed by atoms with Crippen LogP contribution in [0, 0.1) is 0 Å². The topological polar surface area (TPSA) is 50.2 Å². The Labute approximate surface area is 112 Å². The van der Waals surface area contributed by atoms with Gasteiger partial charge in [0.05, 0.1) is 17.1 Å². The van der Waals surface area contributed by atoms with Gasteiger partial charge in [0.25, 0.3) is 0 Å². The molecule has 1 aromatic heterocycles. The summed E-state index contributed by atoms with van der Waals surface area (Å²) in [6, 6.07) is 0. The van der Waals surface area contributed by atoms with E-state index in [1.807, 2.05) is 13.8 Å². The Morgan fingerprint density at radius 3 is 2.72 bits per heavy atom. The van der Waals surface area contributed by atoms with E-state index in [9.17, 15) is 4.79 Å². The molecular weight excluding hydrogens is 246 g/mol. The molecule has 1 heterocycles. The number of aromatic nitrogens is 1. The van der Waals surface area contributed by atoms with Gasteiger partial charge in [-0.05, 0) is 12.8 Å². The summed E-state index contributed by atoms with van der Waals surface area (Å²) in [6.07, 6.45) is 6.57. The molecule has 0 saturated heterocycles. The lowest BCUT2D eigenvalue weighted by Crippen LogP contribution is -2.21. The maximum atomic E-state index is 10.9. The van der Waals surface area contributed by atoms with Gasteiger partial charge in [-0.2, -0.15) is 0 Å². The summed E-state index contributed by atoms with van der Waals surface area (Å²) in [5, 5.41) is 12.0. The normalized spacial score (nSPS) is 17.9. The van der Waals surface area contributed by atoms with Crippen molar-refractivity contribution < 1.29 is 9.90 Å². The predicted molar refractivity (Wildman–Crippen MR) is 73.2 cm³/mol. The van der Waals surface area contributed by atoms with E-state index >= 15 is 0 Å². The molecule has 1 aromatic rings. The molecule has 0 aromatic carbocycles. The van der Waals surface area contributed by atoms with Crippen LogP contribution in [0.1, 0.15) is 69.0 Å². The van der Waals surface area contributed by atoms with Crippen LogP contribution < -0.4 is 0 Å². The lowest BCUT2D eigenvalue weighted by Gasteiger charge is -2.21. The molecule has 1 aliphatic carbocycles. The van der Waals surface area contributed by atoms with E-state index in [1.165, 1.54) is 37.8 Å². The fraction of sp³-hybridized carbons (Fsp3) is 0.714. The molecule has 100 valence electrons. The van der Waals surface area contributed by atoms with E-state index in [4.69, 9.17) is 10.1 Å². The minimum atomic E-state index is -0.755. The van der Waals surface area contributed by atoms with Crippen molar-refractivity contribution in [3.63, 3.8) is 0 Å². The molecule has 18 heavy (non-hydrogen) atoms. The van der Waals surface area contributed by atoms with Gasteiger partial charge in [-0.15, -0.1) is 11.3 Å². The number of aliphatic carboxylic acids is 1. The molecule has 1 aliphatic rings. The van der Waals surface area contributed by atoms with E-state index < -0.39 is 5.97 Å². The Kier molecular flexibility index (Phi) is 4.05. The van der Waals surface area contributed by atoms with Crippen LogP contribution in [0.4, 0.5) is 0 Å². The zero-order valence-electron chi connectivity index (χ0n) is 11.1. The standard InChI is InChI=1S/C14H21NO2S/c1-14(2,8-12(16)17)13-15-11(9-18-13)10-6-4-3-5-7-10/h9-10H,3-8H2,1-2H3,(H,16,17). The van der Waals surface area contributed by atoms with Crippen LogP contribution in [0.25, 0.3) is 0 Å². The molecule has 2 rings (SSSR count). The molecular formula is C14H21NO2S. The van der Waals surface area contributed by atoms with Gasteiger partial charge in [-0.25, -0.2) is 4.98 Å². The van der Waals surface area contributed by atoms with Crippen molar-refractivity contribution >= 4 is 17.3 Å². The van der Waals surface area contributed by atoms with Crippen molar-refractivity contribution in [2.45, 2.75) is 63.7 Å². The first-order chi connectivity index (χ1) is 8.49. The molecule has 1 N–H and O–H groups in total. The number of hydrogen-bond acceptors (Lipinski definition) is 3. The fourth-order valence-corrected chi connectivity index (χ4v) is 3.66. The van der Waals surface area contributed by atoms with Gasteiger partial charge >= 0.3 is 5.97 Å². The molecule has 4 heteroatoms. The minimum absolute atomic E-state index is 0.143. The third-order valence-corrected chi connectivity index (χ3v) is 4.94. The van der Waals surface area contributed by atoms with Gasteiger partial charge in [-0.3, -0.25) is 4.79 Å². The van der Waals surface area contributed by atoms with Crippen LogP contribution in [0.5, 0.6) is 0 Å². The number of carboxylic acid groups (broad SMARTS) is 1. The highest BCUT2D eigenvalue weighted by molar-refractivity contribution is 7.09. The van der Waals surface area contributed by atoms with Crippen molar-refractivity contribution in [2.75, 3.05) is 0 Å². The van der Waals surface area contributed by atoms with Crippen molar-refractivity contribution in [2.24, 2.45) is 0 Å². The summed E-state index contributed by atoms with van der Waals surface area (Å²) in [7, 11) is 0. The van der Waals surface area contributed by atoms with E-state index in [0.717, 1.165) is 5.01 Å². The Hall–Kier alpha value is -0.900. The van der Waals surface area contributed by atoms with E-state index in [1.54, 1.807) is 11.3 Å². The molecule has 0 amide bonds. The SMILES string of the molecule is CC(C)(CC(=O)O)c1nc(C2CCCCC2)cs1. The molecule has 0 radical (unpaired) electrons. The maximum Gasteiger partial charge on any atom is 0.304 e. The Bertz CT molecular complexity index is 419. The third-order valence-electron chi connectivity index (χ3n) is 3.72. The van der Waals surface area contributed by atoms with Gasteiger partial charge in [0.2, 0.25) is 0 Å². The first kappa shape index (κ1) is 13.5. The van der Waals surface area contributed by atoms with Gasteiger partial charge < -0.3 is 5.11 Å². The largest absolute Gasteiger partial charge is 0.481 e. The van der Waals surface area contributed by atoms with Gasteiger partial charge in [0, 0.05) is 16.7 Å². The molecule has 0 unspecified atom stereocenters. The number of nitrogens with zero attached hydrogens (tertiary/aromatic N) is 1. The monoisotopic (exact) mass is 267 g/mol. The number of carboxylic acids is 1. The number of rotatable bonds is 4. The van der Waals surface area contributed by atoms with Crippen LogP contribution in [0.3, 0.4) is 0 Å². The molecule has 1 fully saturated rings. The van der Waals surface area contributed by atoms with Crippen molar-refractivity contribution in [3.05, 3.63) is 16.1 Å². The van der Waals surface area contributed by atoms with Gasteiger partial charge in [0.1, 0.15) is 0 Å². The Morgan fingerprint density at radius 1 is 1.44 bits per heavy atom. The van der Waals surface area contributed by atoms with Crippen LogP contribution in [-0.4, -0.2) is 16.1 Å². The lowest BCUT2D eigenvalue weighted by molar-refractivity contribution is -0.138. The summed E-state index contributed by atoms with van der Waals surface area (Å²) < 4.78 is 0. The van der Waals surface area contributed by atoms with Crippen LogP contribution in [-0.2, 0) is 10.2 Å². The molecule has 0 aliphatic heterocycles. The van der Waals surface area contributed by atoms with Crippen LogP contribution in [0.15, 0.2) is 5.38 Å². The summed E-state index contributed by atoms with van der Waals surface area (Å²) in [5.74, 6) is -0.154. The van der Waals surface area contributed by atoms with Crippen molar-refractivity contribution in [1.29, 1.82) is 0 Å². The fourth-order valence-electron chi connectivity index (χ4n) is 2.64. The zero-order valence-corrected chi connectivity index (χ0v) is 11.9. The lowest BCUT2D eigenvalue weighted by atomic mass is 9.87. The average Bonchev–Trinajstić information content (AvgIpc) is 2.78. The van der Waals surface area contributed by atoms with E-state index in [0.29, 0.717) is 5.92 Å². The summed E-state index contributed by atoms with van der Waals surface area (Å²) in [4.78, 5) is 15.6. The quantitative estimate of drug-likeness (QED) is 0.898. The van der Waals surface area contributed by atoms with Gasteiger partial charge in [0.15, 0.2) is 0 Å². The van der Waals surface area contributed by atoms with Crippen LogP contribution in [0.2, 0.25) is 0 Å². The Morgan fingerprint density at radius 2 is 2.11 bits per heavy atom. The number of hydrogen-bond donors (Lipinski definition) is 1. The summed E-state index contributed by atoms with van der Waals surface area (Å²) in [5.41, 5.74) is 0.830. The first-order valence-corrected chi connectivity index (χ1v) is 7.55. The average molecular weight is 267 g/mol. The number of thiazole rings is 1. The Balaban J connectivity index is 2.11. The molecule has 1 saturated carbocycles. The second kappa shape index (κ2) is 5.39. The second-order valence-electron chi connectivity index (χ2n) is 5.87. The third kappa shape index (κ3) is 3.10. The summed E-state index contributed by atoms with van der Waals surface area (Å²) >= 11 is 1.62. The highest BCUT2D eigenvalue weighted by atomic mass is 32.1. The van der Waals surface area contributed by atoms with E-state index in [-0.39, 0.29) is 11.8 Å². The predicted octanol–water partition coefficient (Wildman–Crippen LogP) is 3.94. The maximum absolute atomic E-state index is 10.9. The molecule has 3 nitrogen and oxygen atoms in total. The summed E-state index contributed by atoms with van der Waals surface area (Å²) in [6.45, 7) is 3.93. The number of carbonyl (C=O) groups is 1. The smallest absolute Gasteiger partial charge is 0.304 e. The molecule has 0 bridgehead atoms. The first-order valence-electron chi connectivity index (χ1n) is 6.67. The molecule has 0 spiro atoms.